The monoisotopic (exact) mass is 316 g/mol. The first-order valence-electron chi connectivity index (χ1n) is 7.01. The summed E-state index contributed by atoms with van der Waals surface area (Å²) in [6, 6.07) is 14.2. The molecule has 1 amide bonds. The summed E-state index contributed by atoms with van der Waals surface area (Å²) in [5, 5.41) is 4.44. The Kier molecular flexibility index (Phi) is 5.98. The van der Waals surface area contributed by atoms with E-state index in [0.29, 0.717) is 17.2 Å². The van der Waals surface area contributed by atoms with Crippen LogP contribution in [-0.2, 0) is 0 Å². The van der Waals surface area contributed by atoms with Crippen molar-refractivity contribution in [2.24, 2.45) is 5.10 Å². The van der Waals surface area contributed by atoms with Crippen LogP contribution in [0.4, 0.5) is 0 Å². The lowest BCUT2D eigenvalue weighted by Crippen LogP contribution is -2.17. The van der Waals surface area contributed by atoms with E-state index in [9.17, 15) is 4.79 Å². The predicted molar refractivity (Wildman–Crippen MR) is 88.7 cm³/mol. The highest BCUT2D eigenvalue weighted by Gasteiger charge is 2.03. The highest BCUT2D eigenvalue weighted by molar-refractivity contribution is 6.30. The number of carbonyl (C=O) groups excluding carboxylic acids is 1. The van der Waals surface area contributed by atoms with Gasteiger partial charge in [-0.05, 0) is 54.4 Å². The number of ether oxygens (including phenoxy) is 1. The molecule has 0 bridgehead atoms. The summed E-state index contributed by atoms with van der Waals surface area (Å²) >= 11 is 5.84. The zero-order chi connectivity index (χ0) is 15.8. The minimum Gasteiger partial charge on any atom is -0.494 e. The number of hydrazone groups is 1. The number of amides is 1. The van der Waals surface area contributed by atoms with Crippen LogP contribution in [0.15, 0.2) is 53.6 Å². The Bertz CT molecular complexity index is 654. The van der Waals surface area contributed by atoms with Crippen molar-refractivity contribution in [3.63, 3.8) is 0 Å². The zero-order valence-electron chi connectivity index (χ0n) is 12.3. The molecule has 22 heavy (non-hydrogen) atoms. The van der Waals surface area contributed by atoms with Crippen LogP contribution in [0.1, 0.15) is 29.3 Å². The molecule has 0 aliphatic rings. The summed E-state index contributed by atoms with van der Waals surface area (Å²) in [6.45, 7) is 2.76. The Hall–Kier alpha value is -2.33. The number of nitrogens with zero attached hydrogens (tertiary/aromatic N) is 1. The Labute approximate surface area is 134 Å². The summed E-state index contributed by atoms with van der Waals surface area (Å²) in [5.74, 6) is 0.517. The van der Waals surface area contributed by atoms with E-state index in [4.69, 9.17) is 16.3 Å². The molecule has 0 fully saturated rings. The number of hydrogen-bond donors (Lipinski definition) is 1. The molecule has 0 unspecified atom stereocenters. The quantitative estimate of drug-likeness (QED) is 0.649. The molecule has 0 aliphatic carbocycles. The number of benzene rings is 2. The molecular weight excluding hydrogens is 300 g/mol. The van der Waals surface area contributed by atoms with Crippen molar-refractivity contribution < 1.29 is 9.53 Å². The third-order valence-electron chi connectivity index (χ3n) is 2.82. The van der Waals surface area contributed by atoms with Gasteiger partial charge in [-0.3, -0.25) is 4.79 Å². The van der Waals surface area contributed by atoms with Gasteiger partial charge in [-0.15, -0.1) is 0 Å². The molecule has 1 N–H and O–H groups in total. The van der Waals surface area contributed by atoms with Gasteiger partial charge in [0.1, 0.15) is 5.75 Å². The molecule has 0 saturated heterocycles. The second-order valence-corrected chi connectivity index (χ2v) is 5.06. The van der Waals surface area contributed by atoms with Crippen LogP contribution < -0.4 is 10.2 Å². The summed E-state index contributed by atoms with van der Waals surface area (Å²) in [4.78, 5) is 11.9. The Balaban J connectivity index is 1.90. The molecule has 2 aromatic carbocycles. The average molecular weight is 317 g/mol. The van der Waals surface area contributed by atoms with E-state index in [1.807, 2.05) is 24.3 Å². The Morgan fingerprint density at radius 3 is 2.73 bits per heavy atom. The van der Waals surface area contributed by atoms with Gasteiger partial charge in [-0.1, -0.05) is 24.6 Å². The van der Waals surface area contributed by atoms with Crippen molar-refractivity contribution in [1.29, 1.82) is 0 Å². The number of nitrogens with one attached hydrogen (secondary N) is 1. The molecule has 5 heteroatoms. The molecule has 114 valence electrons. The van der Waals surface area contributed by atoms with Gasteiger partial charge in [-0.25, -0.2) is 5.43 Å². The molecule has 0 aromatic heterocycles. The molecule has 4 nitrogen and oxygen atoms in total. The summed E-state index contributed by atoms with van der Waals surface area (Å²) < 4.78 is 5.50. The number of hydrogen-bond acceptors (Lipinski definition) is 3. The van der Waals surface area contributed by atoms with Crippen LogP contribution in [0.5, 0.6) is 5.75 Å². The lowest BCUT2D eigenvalue weighted by molar-refractivity contribution is 0.0955. The SMILES string of the molecule is CCCOc1ccc(/C=N/NC(=O)c2cccc(Cl)c2)cc1. The van der Waals surface area contributed by atoms with Gasteiger partial charge >= 0.3 is 0 Å². The van der Waals surface area contributed by atoms with E-state index in [0.717, 1.165) is 17.7 Å². The number of halogens is 1. The van der Waals surface area contributed by atoms with Crippen LogP contribution in [0, 0.1) is 0 Å². The van der Waals surface area contributed by atoms with Crippen molar-refractivity contribution in [3.8, 4) is 5.75 Å². The smallest absolute Gasteiger partial charge is 0.271 e. The largest absolute Gasteiger partial charge is 0.494 e. The topological polar surface area (TPSA) is 50.7 Å². The first kappa shape index (κ1) is 16.0. The maximum absolute atomic E-state index is 11.9. The minimum atomic E-state index is -0.304. The van der Waals surface area contributed by atoms with Gasteiger partial charge < -0.3 is 4.74 Å². The molecule has 0 aliphatic heterocycles. The van der Waals surface area contributed by atoms with E-state index >= 15 is 0 Å². The van der Waals surface area contributed by atoms with Crippen LogP contribution in [0.2, 0.25) is 5.02 Å². The molecule has 0 saturated carbocycles. The fourth-order valence-corrected chi connectivity index (χ4v) is 1.92. The molecular formula is C17H17ClN2O2. The predicted octanol–water partition coefficient (Wildman–Crippen LogP) is 3.89. The lowest BCUT2D eigenvalue weighted by Gasteiger charge is -2.04. The number of carbonyl (C=O) groups is 1. The summed E-state index contributed by atoms with van der Waals surface area (Å²) in [5.41, 5.74) is 3.80. The van der Waals surface area contributed by atoms with Gasteiger partial charge in [0.2, 0.25) is 0 Å². The lowest BCUT2D eigenvalue weighted by atomic mass is 10.2. The average Bonchev–Trinajstić information content (AvgIpc) is 2.54. The second kappa shape index (κ2) is 8.20. The summed E-state index contributed by atoms with van der Waals surface area (Å²) in [6.07, 6.45) is 2.55. The van der Waals surface area contributed by atoms with E-state index in [1.165, 1.54) is 0 Å². The molecule has 0 heterocycles. The van der Waals surface area contributed by atoms with Crippen molar-refractivity contribution in [1.82, 2.24) is 5.43 Å². The highest BCUT2D eigenvalue weighted by atomic mass is 35.5. The fraction of sp³-hybridized carbons (Fsp3) is 0.176. The van der Waals surface area contributed by atoms with Gasteiger partial charge in [0.15, 0.2) is 0 Å². The second-order valence-electron chi connectivity index (χ2n) is 4.63. The molecule has 2 rings (SSSR count). The van der Waals surface area contributed by atoms with E-state index < -0.39 is 0 Å². The van der Waals surface area contributed by atoms with Crippen molar-refractivity contribution in [3.05, 3.63) is 64.7 Å². The van der Waals surface area contributed by atoms with Crippen LogP contribution in [0.25, 0.3) is 0 Å². The maximum atomic E-state index is 11.9. The van der Waals surface area contributed by atoms with E-state index in [2.05, 4.69) is 17.5 Å². The van der Waals surface area contributed by atoms with Crippen LogP contribution in [0.3, 0.4) is 0 Å². The highest BCUT2D eigenvalue weighted by Crippen LogP contribution is 2.12. The molecule has 0 spiro atoms. The van der Waals surface area contributed by atoms with E-state index in [-0.39, 0.29) is 5.91 Å². The molecule has 0 atom stereocenters. The third-order valence-corrected chi connectivity index (χ3v) is 3.05. The standard InChI is InChI=1S/C17H17ClN2O2/c1-2-10-22-16-8-6-13(7-9-16)12-19-20-17(21)14-4-3-5-15(18)11-14/h3-9,11-12H,2,10H2,1H3,(H,20,21)/b19-12+. The minimum absolute atomic E-state index is 0.304. The first-order valence-corrected chi connectivity index (χ1v) is 7.38. The van der Waals surface area contributed by atoms with Gasteiger partial charge in [0.05, 0.1) is 12.8 Å². The normalized spacial score (nSPS) is 10.6. The fourth-order valence-electron chi connectivity index (χ4n) is 1.73. The van der Waals surface area contributed by atoms with Crippen LogP contribution in [-0.4, -0.2) is 18.7 Å². The van der Waals surface area contributed by atoms with Crippen molar-refractivity contribution in [2.45, 2.75) is 13.3 Å². The molecule has 2 aromatic rings. The molecule has 0 radical (unpaired) electrons. The van der Waals surface area contributed by atoms with Crippen LogP contribution >= 0.6 is 11.6 Å². The first-order chi connectivity index (χ1) is 10.7. The number of rotatable bonds is 6. The Morgan fingerprint density at radius 1 is 1.27 bits per heavy atom. The zero-order valence-corrected chi connectivity index (χ0v) is 13.0. The summed E-state index contributed by atoms with van der Waals surface area (Å²) in [7, 11) is 0. The van der Waals surface area contributed by atoms with Gasteiger partial charge in [0, 0.05) is 10.6 Å². The van der Waals surface area contributed by atoms with Crippen molar-refractivity contribution in [2.75, 3.05) is 6.61 Å². The maximum Gasteiger partial charge on any atom is 0.271 e. The van der Waals surface area contributed by atoms with Crippen molar-refractivity contribution >= 4 is 23.7 Å². The van der Waals surface area contributed by atoms with E-state index in [1.54, 1.807) is 30.5 Å². The van der Waals surface area contributed by atoms with Gasteiger partial charge in [-0.2, -0.15) is 5.10 Å². The Morgan fingerprint density at radius 2 is 2.05 bits per heavy atom. The third kappa shape index (κ3) is 4.90. The van der Waals surface area contributed by atoms with Gasteiger partial charge in [0.25, 0.3) is 5.91 Å².